The van der Waals surface area contributed by atoms with E-state index in [0.717, 1.165) is 16.8 Å². The second-order valence-electron chi connectivity index (χ2n) is 5.35. The molecule has 0 bridgehead atoms. The number of thioether (sulfide) groups is 1. The average molecular weight is 282 g/mol. The third kappa shape index (κ3) is 3.75. The van der Waals surface area contributed by atoms with E-state index in [1.54, 1.807) is 0 Å². The maximum absolute atomic E-state index is 10.7. The van der Waals surface area contributed by atoms with Crippen molar-refractivity contribution in [2.24, 2.45) is 5.92 Å². The summed E-state index contributed by atoms with van der Waals surface area (Å²) in [4.78, 5) is 15.2. The van der Waals surface area contributed by atoms with Gasteiger partial charge in [0.25, 0.3) is 0 Å². The van der Waals surface area contributed by atoms with E-state index in [1.807, 2.05) is 6.92 Å². The normalized spacial score (nSPS) is 23.5. The molecule has 1 heterocycles. The third-order valence-corrected chi connectivity index (χ3v) is 4.82. The summed E-state index contributed by atoms with van der Waals surface area (Å²) >= 11 is 1.33. The first-order chi connectivity index (χ1) is 9.10. The predicted octanol–water partition coefficient (Wildman–Crippen LogP) is 3.51. The fourth-order valence-electron chi connectivity index (χ4n) is 2.87. The molecule has 1 saturated carbocycles. The molecule has 0 amide bonds. The van der Waals surface area contributed by atoms with Gasteiger partial charge in [-0.25, -0.2) is 4.98 Å². The topological polar surface area (TPSA) is 55.1 Å². The van der Waals surface area contributed by atoms with E-state index < -0.39 is 5.97 Å². The Morgan fingerprint density at radius 3 is 3.05 bits per heavy atom. The molecule has 1 aromatic heterocycles. The molecule has 1 aliphatic rings. The minimum Gasteiger partial charge on any atom is -0.481 e. The molecule has 0 radical (unpaired) electrons. The van der Waals surface area contributed by atoms with Crippen LogP contribution in [-0.2, 0) is 4.79 Å². The number of carboxylic acids is 1. The Morgan fingerprint density at radius 1 is 1.58 bits per heavy atom. The first kappa shape index (κ1) is 14.4. The van der Waals surface area contributed by atoms with E-state index in [1.165, 1.54) is 43.9 Å². The molecule has 4 nitrogen and oxygen atoms in total. The van der Waals surface area contributed by atoms with Crippen LogP contribution in [0.1, 0.15) is 50.8 Å². The molecular weight excluding hydrogens is 260 g/mol. The van der Waals surface area contributed by atoms with Crippen LogP contribution in [0.2, 0.25) is 0 Å². The van der Waals surface area contributed by atoms with Crippen LogP contribution in [0.15, 0.2) is 11.4 Å². The van der Waals surface area contributed by atoms with Crippen molar-refractivity contribution in [3.05, 3.63) is 11.9 Å². The number of hydrogen-bond acceptors (Lipinski definition) is 3. The Kier molecular flexibility index (Phi) is 4.91. The van der Waals surface area contributed by atoms with Crippen molar-refractivity contribution in [1.29, 1.82) is 0 Å². The van der Waals surface area contributed by atoms with Crippen molar-refractivity contribution in [3.63, 3.8) is 0 Å². The lowest BCUT2D eigenvalue weighted by Crippen LogP contribution is -2.19. The summed E-state index contributed by atoms with van der Waals surface area (Å²) in [7, 11) is 0. The van der Waals surface area contributed by atoms with Gasteiger partial charge in [0.05, 0.1) is 11.4 Å². The summed E-state index contributed by atoms with van der Waals surface area (Å²) < 4.78 is 2.21. The molecule has 1 fully saturated rings. The number of carbonyl (C=O) groups is 1. The van der Waals surface area contributed by atoms with Crippen molar-refractivity contribution in [1.82, 2.24) is 9.55 Å². The molecule has 5 heteroatoms. The van der Waals surface area contributed by atoms with Gasteiger partial charge in [0.15, 0.2) is 5.16 Å². The van der Waals surface area contributed by atoms with E-state index in [-0.39, 0.29) is 5.75 Å². The molecule has 0 aliphatic heterocycles. The highest BCUT2D eigenvalue weighted by atomic mass is 32.2. The summed E-state index contributed by atoms with van der Waals surface area (Å²) in [5, 5.41) is 9.67. The fourth-order valence-corrected chi connectivity index (χ4v) is 3.69. The summed E-state index contributed by atoms with van der Waals surface area (Å²) in [6.07, 6.45) is 8.30. The van der Waals surface area contributed by atoms with Gasteiger partial charge in [-0.3, -0.25) is 4.79 Å². The van der Waals surface area contributed by atoms with Crippen LogP contribution in [0.4, 0.5) is 0 Å². The molecule has 2 atom stereocenters. The number of aromatic nitrogens is 2. The molecule has 0 spiro atoms. The first-order valence-electron chi connectivity index (χ1n) is 7.00. The minimum absolute atomic E-state index is 0.0837. The maximum Gasteiger partial charge on any atom is 0.313 e. The Morgan fingerprint density at radius 2 is 2.37 bits per heavy atom. The van der Waals surface area contributed by atoms with E-state index in [2.05, 4.69) is 22.7 Å². The lowest BCUT2D eigenvalue weighted by molar-refractivity contribution is -0.133. The van der Waals surface area contributed by atoms with Crippen LogP contribution in [-0.4, -0.2) is 26.4 Å². The zero-order valence-electron chi connectivity index (χ0n) is 11.6. The van der Waals surface area contributed by atoms with Gasteiger partial charge >= 0.3 is 5.97 Å². The minimum atomic E-state index is -0.785. The van der Waals surface area contributed by atoms with Crippen molar-refractivity contribution in [2.45, 2.75) is 57.1 Å². The molecule has 106 valence electrons. The Hall–Kier alpha value is -0.970. The van der Waals surface area contributed by atoms with E-state index in [9.17, 15) is 4.79 Å². The summed E-state index contributed by atoms with van der Waals surface area (Å²) in [6.45, 7) is 4.23. The van der Waals surface area contributed by atoms with Crippen molar-refractivity contribution in [2.75, 3.05) is 5.75 Å². The Labute approximate surface area is 118 Å². The highest BCUT2D eigenvalue weighted by molar-refractivity contribution is 7.99. The summed E-state index contributed by atoms with van der Waals surface area (Å²) in [6, 6.07) is 0.496. The SMILES string of the molecule is CCC1CCCC(n2cc(C)nc2SCC(=O)O)C1. The van der Waals surface area contributed by atoms with Crippen LogP contribution >= 0.6 is 11.8 Å². The van der Waals surface area contributed by atoms with E-state index in [0.29, 0.717) is 6.04 Å². The van der Waals surface area contributed by atoms with Gasteiger partial charge in [-0.2, -0.15) is 0 Å². The standard InChI is InChI=1S/C14H22N2O2S/c1-3-11-5-4-6-12(7-11)16-8-10(2)15-14(16)19-9-13(17)18/h8,11-12H,3-7,9H2,1-2H3,(H,17,18). The molecule has 19 heavy (non-hydrogen) atoms. The number of aryl methyl sites for hydroxylation is 1. The van der Waals surface area contributed by atoms with Gasteiger partial charge in [-0.05, 0) is 25.7 Å². The number of rotatable bonds is 5. The van der Waals surface area contributed by atoms with Gasteiger partial charge in [-0.1, -0.05) is 37.9 Å². The van der Waals surface area contributed by atoms with Crippen molar-refractivity contribution in [3.8, 4) is 0 Å². The molecular formula is C14H22N2O2S. The number of carboxylic acid groups (broad SMARTS) is 1. The van der Waals surface area contributed by atoms with Gasteiger partial charge in [-0.15, -0.1) is 0 Å². The van der Waals surface area contributed by atoms with Crippen LogP contribution in [0, 0.1) is 12.8 Å². The quantitative estimate of drug-likeness (QED) is 0.840. The monoisotopic (exact) mass is 282 g/mol. The third-order valence-electron chi connectivity index (χ3n) is 3.87. The highest BCUT2D eigenvalue weighted by Crippen LogP contribution is 2.36. The largest absolute Gasteiger partial charge is 0.481 e. The zero-order chi connectivity index (χ0) is 13.8. The predicted molar refractivity (Wildman–Crippen MR) is 76.6 cm³/mol. The molecule has 1 aliphatic carbocycles. The van der Waals surface area contributed by atoms with Crippen LogP contribution in [0.3, 0.4) is 0 Å². The lowest BCUT2D eigenvalue weighted by atomic mass is 9.84. The first-order valence-corrected chi connectivity index (χ1v) is 7.98. The van der Waals surface area contributed by atoms with E-state index >= 15 is 0 Å². The van der Waals surface area contributed by atoms with Crippen LogP contribution in [0.5, 0.6) is 0 Å². The Balaban J connectivity index is 2.11. The summed E-state index contributed by atoms with van der Waals surface area (Å²) in [5.41, 5.74) is 0.978. The second-order valence-corrected chi connectivity index (χ2v) is 6.29. The van der Waals surface area contributed by atoms with Gasteiger partial charge in [0.2, 0.25) is 0 Å². The van der Waals surface area contributed by atoms with Gasteiger partial charge < -0.3 is 9.67 Å². The fraction of sp³-hybridized carbons (Fsp3) is 0.714. The van der Waals surface area contributed by atoms with E-state index in [4.69, 9.17) is 5.11 Å². The number of aliphatic carboxylic acids is 1. The number of nitrogens with zero attached hydrogens (tertiary/aromatic N) is 2. The smallest absolute Gasteiger partial charge is 0.313 e. The maximum atomic E-state index is 10.7. The van der Waals surface area contributed by atoms with Gasteiger partial charge in [0.1, 0.15) is 0 Å². The number of imidazole rings is 1. The molecule has 1 aromatic rings. The molecule has 1 N–H and O–H groups in total. The molecule has 0 saturated heterocycles. The summed E-state index contributed by atoms with van der Waals surface area (Å²) in [5.74, 6) is 0.103. The Bertz CT molecular complexity index is 445. The van der Waals surface area contributed by atoms with Gasteiger partial charge in [0, 0.05) is 12.2 Å². The molecule has 0 aromatic carbocycles. The number of hydrogen-bond donors (Lipinski definition) is 1. The molecule has 2 rings (SSSR count). The average Bonchev–Trinajstić information content (AvgIpc) is 2.77. The highest BCUT2D eigenvalue weighted by Gasteiger charge is 2.24. The lowest BCUT2D eigenvalue weighted by Gasteiger charge is -2.30. The van der Waals surface area contributed by atoms with Crippen LogP contribution in [0.25, 0.3) is 0 Å². The second kappa shape index (κ2) is 6.46. The van der Waals surface area contributed by atoms with Crippen molar-refractivity contribution >= 4 is 17.7 Å². The van der Waals surface area contributed by atoms with Crippen molar-refractivity contribution < 1.29 is 9.90 Å². The molecule has 2 unspecified atom stereocenters. The van der Waals surface area contributed by atoms with Crippen LogP contribution < -0.4 is 0 Å². The zero-order valence-corrected chi connectivity index (χ0v) is 12.4.